The minimum atomic E-state index is 0.148. The molecular formula is C13H17BrN2O. The van der Waals surface area contributed by atoms with Crippen LogP contribution in [0.25, 0.3) is 0 Å². The number of ketones is 1. The van der Waals surface area contributed by atoms with E-state index in [1.54, 1.807) is 0 Å². The fourth-order valence-electron chi connectivity index (χ4n) is 3.73. The Morgan fingerprint density at radius 3 is 3.00 bits per heavy atom. The molecule has 0 N–H and O–H groups in total. The van der Waals surface area contributed by atoms with Gasteiger partial charge in [-0.2, -0.15) is 5.10 Å². The molecule has 2 aliphatic rings. The van der Waals surface area contributed by atoms with Crippen molar-refractivity contribution in [3.63, 3.8) is 0 Å². The molecule has 2 unspecified atom stereocenters. The Morgan fingerprint density at radius 1 is 1.47 bits per heavy atom. The first kappa shape index (κ1) is 11.5. The summed E-state index contributed by atoms with van der Waals surface area (Å²) in [5, 5.41) is 4.50. The van der Waals surface area contributed by atoms with Gasteiger partial charge in [-0.25, -0.2) is 0 Å². The van der Waals surface area contributed by atoms with Gasteiger partial charge in [-0.3, -0.25) is 9.48 Å². The molecule has 0 aliphatic heterocycles. The molecule has 0 radical (unpaired) electrons. The number of Topliss-reactive ketones (excluding diaryl/α,β-unsaturated/α-hetero) is 1. The summed E-state index contributed by atoms with van der Waals surface area (Å²) in [5.74, 6) is 0.954. The molecule has 0 amide bonds. The quantitative estimate of drug-likeness (QED) is 0.738. The number of rotatable bonds is 0. The Kier molecular flexibility index (Phi) is 2.47. The van der Waals surface area contributed by atoms with Crippen molar-refractivity contribution in [1.82, 2.24) is 9.78 Å². The van der Waals surface area contributed by atoms with Crippen molar-refractivity contribution < 1.29 is 4.79 Å². The number of hydrogen-bond donors (Lipinski definition) is 0. The second-order valence-corrected chi connectivity index (χ2v) is 6.39. The first-order chi connectivity index (χ1) is 8.02. The largest absolute Gasteiger partial charge is 0.300 e. The van der Waals surface area contributed by atoms with E-state index in [0.29, 0.717) is 11.7 Å². The van der Waals surface area contributed by atoms with Gasteiger partial charge in [0.05, 0.1) is 0 Å². The van der Waals surface area contributed by atoms with Crippen LogP contribution in [0.3, 0.4) is 0 Å². The fraction of sp³-hybridized carbons (Fsp3) is 0.692. The smallest absolute Gasteiger partial charge is 0.133 e. The molecule has 92 valence electrons. The van der Waals surface area contributed by atoms with Crippen molar-refractivity contribution in [2.24, 2.45) is 13.0 Å². The molecule has 4 heteroatoms. The van der Waals surface area contributed by atoms with Crippen molar-refractivity contribution in [1.29, 1.82) is 0 Å². The third-order valence-corrected chi connectivity index (χ3v) is 5.32. The minimum Gasteiger partial charge on any atom is -0.300 e. The lowest BCUT2D eigenvalue weighted by atomic mass is 9.60. The standard InChI is InChI=1S/C13H17BrN2O/c1-13-6-5-9(17)7-8(13)3-4-10-11(13)16(2)15-12(10)14/h8H,3-7H2,1-2H3. The van der Waals surface area contributed by atoms with Gasteiger partial charge in [-0.05, 0) is 41.1 Å². The van der Waals surface area contributed by atoms with Crippen molar-refractivity contribution in [3.8, 4) is 0 Å². The van der Waals surface area contributed by atoms with Crippen LogP contribution in [-0.4, -0.2) is 15.6 Å². The van der Waals surface area contributed by atoms with Gasteiger partial charge >= 0.3 is 0 Å². The lowest BCUT2D eigenvalue weighted by Crippen LogP contribution is -2.43. The number of aryl methyl sites for hydroxylation is 1. The molecule has 1 saturated carbocycles. The zero-order chi connectivity index (χ0) is 12.2. The molecule has 17 heavy (non-hydrogen) atoms. The fourth-order valence-corrected chi connectivity index (χ4v) is 4.35. The predicted molar refractivity (Wildman–Crippen MR) is 68.9 cm³/mol. The second kappa shape index (κ2) is 3.67. The van der Waals surface area contributed by atoms with E-state index in [4.69, 9.17) is 0 Å². The van der Waals surface area contributed by atoms with Crippen LogP contribution in [0.2, 0.25) is 0 Å². The summed E-state index contributed by atoms with van der Waals surface area (Å²) in [6.07, 6.45) is 4.65. The van der Waals surface area contributed by atoms with Gasteiger partial charge in [0.1, 0.15) is 10.4 Å². The second-order valence-electron chi connectivity index (χ2n) is 5.64. The molecule has 2 atom stereocenters. The van der Waals surface area contributed by atoms with E-state index < -0.39 is 0 Å². The third kappa shape index (κ3) is 1.53. The number of carbonyl (C=O) groups excluding carboxylic acids is 1. The van der Waals surface area contributed by atoms with Crippen molar-refractivity contribution >= 4 is 21.7 Å². The monoisotopic (exact) mass is 296 g/mol. The lowest BCUT2D eigenvalue weighted by Gasteiger charge is -2.44. The first-order valence-corrected chi connectivity index (χ1v) is 7.05. The van der Waals surface area contributed by atoms with Crippen LogP contribution in [-0.2, 0) is 23.7 Å². The molecular weight excluding hydrogens is 280 g/mol. The molecule has 3 rings (SSSR count). The molecule has 0 aromatic carbocycles. The van der Waals surface area contributed by atoms with Crippen LogP contribution < -0.4 is 0 Å². The summed E-state index contributed by atoms with van der Waals surface area (Å²) in [7, 11) is 2.02. The minimum absolute atomic E-state index is 0.148. The van der Waals surface area contributed by atoms with Gasteiger partial charge in [-0.15, -0.1) is 0 Å². The van der Waals surface area contributed by atoms with Gasteiger partial charge in [0.25, 0.3) is 0 Å². The van der Waals surface area contributed by atoms with Crippen molar-refractivity contribution in [3.05, 3.63) is 15.9 Å². The summed E-state index contributed by atoms with van der Waals surface area (Å²) in [6.45, 7) is 2.32. The molecule has 1 heterocycles. The summed E-state index contributed by atoms with van der Waals surface area (Å²) < 4.78 is 3.01. The molecule has 0 spiro atoms. The Bertz CT molecular complexity index is 494. The van der Waals surface area contributed by atoms with Crippen LogP contribution in [0, 0.1) is 5.92 Å². The number of carbonyl (C=O) groups is 1. The Labute approximate surface area is 110 Å². The lowest BCUT2D eigenvalue weighted by molar-refractivity contribution is -0.123. The van der Waals surface area contributed by atoms with Gasteiger partial charge in [0, 0.05) is 36.6 Å². The van der Waals surface area contributed by atoms with Crippen LogP contribution in [0.1, 0.15) is 43.9 Å². The van der Waals surface area contributed by atoms with Crippen molar-refractivity contribution in [2.45, 2.75) is 44.4 Å². The SMILES string of the molecule is Cn1nc(Br)c2c1C1(C)CCC(=O)CC1CC2. The Balaban J connectivity index is 2.12. The maximum Gasteiger partial charge on any atom is 0.133 e. The predicted octanol–water partition coefficient (Wildman–Crippen LogP) is 2.76. The van der Waals surface area contributed by atoms with Crippen LogP contribution in [0.15, 0.2) is 4.60 Å². The highest BCUT2D eigenvalue weighted by Crippen LogP contribution is 2.50. The average Bonchev–Trinajstić information content (AvgIpc) is 2.56. The van der Waals surface area contributed by atoms with E-state index in [1.165, 1.54) is 11.3 Å². The molecule has 3 nitrogen and oxygen atoms in total. The van der Waals surface area contributed by atoms with Gasteiger partial charge in [-0.1, -0.05) is 6.92 Å². The maximum atomic E-state index is 11.6. The van der Waals surface area contributed by atoms with Crippen LogP contribution in [0.5, 0.6) is 0 Å². The van der Waals surface area contributed by atoms with Gasteiger partial charge in [0.15, 0.2) is 0 Å². The van der Waals surface area contributed by atoms with E-state index in [9.17, 15) is 4.79 Å². The maximum absolute atomic E-state index is 11.6. The zero-order valence-corrected chi connectivity index (χ0v) is 11.9. The number of nitrogens with zero attached hydrogens (tertiary/aromatic N) is 2. The highest BCUT2D eigenvalue weighted by atomic mass is 79.9. The summed E-state index contributed by atoms with van der Waals surface area (Å²) in [6, 6.07) is 0. The Morgan fingerprint density at radius 2 is 2.24 bits per heavy atom. The summed E-state index contributed by atoms with van der Waals surface area (Å²) >= 11 is 3.56. The third-order valence-electron chi connectivity index (χ3n) is 4.68. The van der Waals surface area contributed by atoms with E-state index >= 15 is 0 Å². The number of halogens is 1. The van der Waals surface area contributed by atoms with E-state index in [2.05, 4.69) is 28.0 Å². The van der Waals surface area contributed by atoms with Gasteiger partial charge in [0.2, 0.25) is 0 Å². The topological polar surface area (TPSA) is 34.9 Å². The Hall–Kier alpha value is -0.640. The molecule has 1 aromatic rings. The molecule has 2 aliphatic carbocycles. The first-order valence-electron chi connectivity index (χ1n) is 6.26. The zero-order valence-electron chi connectivity index (χ0n) is 10.3. The van der Waals surface area contributed by atoms with E-state index in [1.807, 2.05) is 11.7 Å². The summed E-state index contributed by atoms with van der Waals surface area (Å²) in [4.78, 5) is 11.6. The van der Waals surface area contributed by atoms with Gasteiger partial charge < -0.3 is 0 Å². The molecule has 1 aromatic heterocycles. The van der Waals surface area contributed by atoms with E-state index in [-0.39, 0.29) is 5.41 Å². The van der Waals surface area contributed by atoms with Crippen molar-refractivity contribution in [2.75, 3.05) is 0 Å². The summed E-state index contributed by atoms with van der Waals surface area (Å²) in [5.41, 5.74) is 2.86. The van der Waals surface area contributed by atoms with E-state index in [0.717, 1.165) is 36.7 Å². The number of aromatic nitrogens is 2. The molecule has 0 saturated heterocycles. The average molecular weight is 297 g/mol. The molecule has 1 fully saturated rings. The number of fused-ring (bicyclic) bond motifs is 3. The number of hydrogen-bond acceptors (Lipinski definition) is 2. The highest BCUT2D eigenvalue weighted by molar-refractivity contribution is 9.10. The normalized spacial score (nSPS) is 32.2. The molecule has 0 bridgehead atoms. The highest BCUT2D eigenvalue weighted by Gasteiger charge is 2.46. The van der Waals surface area contributed by atoms with Crippen LogP contribution >= 0.6 is 15.9 Å². The van der Waals surface area contributed by atoms with Crippen LogP contribution in [0.4, 0.5) is 0 Å².